The number of ether oxygens (including phenoxy) is 2. The highest BCUT2D eigenvalue weighted by Gasteiger charge is 2.25. The predicted molar refractivity (Wildman–Crippen MR) is 117 cm³/mol. The number of methoxy groups -OCH3 is 2. The summed E-state index contributed by atoms with van der Waals surface area (Å²) in [6.45, 7) is 4.01. The first-order chi connectivity index (χ1) is 13.1. The number of rotatable bonds is 7. The Hall–Kier alpha value is -1.76. The lowest BCUT2D eigenvalue weighted by molar-refractivity contribution is 0.167. The average Bonchev–Trinajstić information content (AvgIpc) is 2.73. The molecule has 1 fully saturated rings. The molecule has 6 heteroatoms. The van der Waals surface area contributed by atoms with Crippen LogP contribution in [0.1, 0.15) is 24.1 Å². The molecule has 0 spiro atoms. The van der Waals surface area contributed by atoms with Gasteiger partial charge in [0.15, 0.2) is 11.5 Å². The first kappa shape index (κ1) is 20.0. The minimum atomic E-state index is 0.366. The van der Waals surface area contributed by atoms with E-state index < -0.39 is 0 Å². The van der Waals surface area contributed by atoms with Crippen LogP contribution in [0.2, 0.25) is 0 Å². The van der Waals surface area contributed by atoms with Gasteiger partial charge in [0.1, 0.15) is 4.32 Å². The van der Waals surface area contributed by atoms with Crippen LogP contribution in [-0.2, 0) is 6.42 Å². The summed E-state index contributed by atoms with van der Waals surface area (Å²) >= 11 is 7.35. The van der Waals surface area contributed by atoms with Gasteiger partial charge in [-0.3, -0.25) is 4.90 Å². The quantitative estimate of drug-likeness (QED) is 0.630. The lowest BCUT2D eigenvalue weighted by Gasteiger charge is -2.40. The largest absolute Gasteiger partial charge is 0.493 e. The topological polar surface area (TPSA) is 24.9 Å². The second kappa shape index (κ2) is 9.44. The maximum absolute atomic E-state index is 5.60. The molecule has 0 saturated carbocycles. The molecule has 1 saturated heterocycles. The molecule has 0 aromatic heterocycles. The first-order valence-electron chi connectivity index (χ1n) is 9.04. The molecular weight excluding hydrogens is 376 g/mol. The molecule has 1 aliphatic heterocycles. The van der Waals surface area contributed by atoms with Crippen molar-refractivity contribution < 1.29 is 9.47 Å². The Balaban J connectivity index is 1.63. The van der Waals surface area contributed by atoms with Crippen molar-refractivity contribution in [1.29, 1.82) is 0 Å². The van der Waals surface area contributed by atoms with Crippen molar-refractivity contribution in [3.8, 4) is 11.5 Å². The van der Waals surface area contributed by atoms with E-state index in [1.807, 2.05) is 12.1 Å². The second-order valence-electron chi connectivity index (χ2n) is 6.56. The summed E-state index contributed by atoms with van der Waals surface area (Å²) in [5.41, 5.74) is 2.56. The van der Waals surface area contributed by atoms with E-state index in [1.54, 1.807) is 26.0 Å². The molecule has 4 nitrogen and oxygen atoms in total. The number of nitrogens with zero attached hydrogens (tertiary/aromatic N) is 2. The van der Waals surface area contributed by atoms with Crippen LogP contribution in [0, 0.1) is 0 Å². The summed E-state index contributed by atoms with van der Waals surface area (Å²) in [4.78, 5) is 4.75. The minimum Gasteiger partial charge on any atom is -0.493 e. The lowest BCUT2D eigenvalue weighted by atomic mass is 10.1. The van der Waals surface area contributed by atoms with Gasteiger partial charge in [0.25, 0.3) is 0 Å². The molecule has 1 atom stereocenters. The van der Waals surface area contributed by atoms with Crippen LogP contribution in [0.5, 0.6) is 11.5 Å². The third kappa shape index (κ3) is 4.94. The van der Waals surface area contributed by atoms with Crippen LogP contribution < -0.4 is 9.47 Å². The van der Waals surface area contributed by atoms with Crippen LogP contribution in [0.4, 0.5) is 0 Å². The highest BCUT2D eigenvalue weighted by atomic mass is 32.2. The Labute approximate surface area is 171 Å². The molecule has 0 radical (unpaired) electrons. The van der Waals surface area contributed by atoms with E-state index in [1.165, 1.54) is 11.1 Å². The highest BCUT2D eigenvalue weighted by molar-refractivity contribution is 8.22. The monoisotopic (exact) mass is 402 g/mol. The number of hydrogen-bond donors (Lipinski definition) is 0. The Bertz CT molecular complexity index is 770. The third-order valence-electron chi connectivity index (χ3n) is 4.91. The van der Waals surface area contributed by atoms with E-state index >= 15 is 0 Å². The lowest BCUT2D eigenvalue weighted by Crippen LogP contribution is -2.46. The van der Waals surface area contributed by atoms with Crippen LogP contribution in [0.15, 0.2) is 48.5 Å². The van der Waals surface area contributed by atoms with Gasteiger partial charge in [-0.2, -0.15) is 0 Å². The fourth-order valence-electron chi connectivity index (χ4n) is 3.19. The zero-order valence-electron chi connectivity index (χ0n) is 16.1. The predicted octanol–water partition coefficient (Wildman–Crippen LogP) is 4.56. The highest BCUT2D eigenvalue weighted by Crippen LogP contribution is 2.30. The summed E-state index contributed by atoms with van der Waals surface area (Å²) < 4.78 is 11.7. The second-order valence-corrected chi connectivity index (χ2v) is 8.14. The van der Waals surface area contributed by atoms with Gasteiger partial charge in [0.05, 0.1) is 26.8 Å². The summed E-state index contributed by atoms with van der Waals surface area (Å²) in [6, 6.07) is 17.1. The molecule has 0 bridgehead atoms. The van der Waals surface area contributed by atoms with Gasteiger partial charge in [0, 0.05) is 12.6 Å². The van der Waals surface area contributed by atoms with Crippen LogP contribution in [0.25, 0.3) is 0 Å². The van der Waals surface area contributed by atoms with Crippen molar-refractivity contribution in [2.45, 2.75) is 19.4 Å². The van der Waals surface area contributed by atoms with Gasteiger partial charge < -0.3 is 14.4 Å². The Kier molecular flexibility index (Phi) is 6.99. The number of thioether (sulfide) groups is 1. The molecule has 1 unspecified atom stereocenters. The Morgan fingerprint density at radius 2 is 1.81 bits per heavy atom. The van der Waals surface area contributed by atoms with Crippen molar-refractivity contribution in [1.82, 2.24) is 9.80 Å². The van der Waals surface area contributed by atoms with Crippen molar-refractivity contribution in [3.05, 3.63) is 59.7 Å². The van der Waals surface area contributed by atoms with E-state index in [9.17, 15) is 0 Å². The average molecular weight is 403 g/mol. The van der Waals surface area contributed by atoms with E-state index in [-0.39, 0.29) is 0 Å². The number of hydrogen-bond acceptors (Lipinski definition) is 5. The van der Waals surface area contributed by atoms with E-state index in [2.05, 4.69) is 53.1 Å². The van der Waals surface area contributed by atoms with Gasteiger partial charge in [-0.15, -0.1) is 0 Å². The molecule has 2 aromatic carbocycles. The SMILES string of the molecule is COc1ccc(CCN2CN(C(C)c3ccccc3)CSC2=S)cc1OC. The van der Waals surface area contributed by atoms with E-state index in [4.69, 9.17) is 21.7 Å². The normalized spacial score (nSPS) is 16.3. The molecule has 0 N–H and O–H groups in total. The molecule has 0 aliphatic carbocycles. The van der Waals surface area contributed by atoms with Crippen LogP contribution in [0.3, 0.4) is 0 Å². The van der Waals surface area contributed by atoms with Gasteiger partial charge in [-0.1, -0.05) is 60.4 Å². The fourth-order valence-corrected chi connectivity index (χ4v) is 4.41. The van der Waals surface area contributed by atoms with Gasteiger partial charge in [0.2, 0.25) is 0 Å². The summed E-state index contributed by atoms with van der Waals surface area (Å²) in [6.07, 6.45) is 0.911. The minimum absolute atomic E-state index is 0.366. The molecule has 27 heavy (non-hydrogen) atoms. The zero-order chi connectivity index (χ0) is 19.2. The molecule has 0 amide bonds. The maximum Gasteiger partial charge on any atom is 0.160 e. The maximum atomic E-state index is 5.60. The molecule has 1 heterocycles. The van der Waals surface area contributed by atoms with Crippen molar-refractivity contribution in [2.75, 3.05) is 33.3 Å². The standard InChI is InChI=1S/C21H26N2O2S2/c1-16(18-7-5-4-6-8-18)23-14-22(21(26)27-15-23)12-11-17-9-10-19(24-2)20(13-17)25-3/h4-10,13,16H,11-12,14-15H2,1-3H3. The Morgan fingerprint density at radius 3 is 2.52 bits per heavy atom. The fraction of sp³-hybridized carbons (Fsp3) is 0.381. The molecule has 1 aliphatic rings. The smallest absolute Gasteiger partial charge is 0.160 e. The van der Waals surface area contributed by atoms with Crippen molar-refractivity contribution in [2.24, 2.45) is 0 Å². The number of benzene rings is 2. The van der Waals surface area contributed by atoms with Crippen LogP contribution in [-0.4, -0.2) is 47.4 Å². The summed E-state index contributed by atoms with van der Waals surface area (Å²) in [5, 5.41) is 0. The van der Waals surface area contributed by atoms with Gasteiger partial charge in [-0.05, 0) is 36.6 Å². The van der Waals surface area contributed by atoms with Crippen molar-refractivity contribution in [3.63, 3.8) is 0 Å². The summed E-state index contributed by atoms with van der Waals surface area (Å²) in [7, 11) is 3.32. The van der Waals surface area contributed by atoms with E-state index in [0.717, 1.165) is 41.3 Å². The molecule has 144 valence electrons. The van der Waals surface area contributed by atoms with Crippen LogP contribution >= 0.6 is 24.0 Å². The zero-order valence-corrected chi connectivity index (χ0v) is 17.7. The molecule has 2 aromatic rings. The third-order valence-corrected chi connectivity index (χ3v) is 6.49. The Morgan fingerprint density at radius 1 is 1.07 bits per heavy atom. The van der Waals surface area contributed by atoms with E-state index in [0.29, 0.717) is 6.04 Å². The first-order valence-corrected chi connectivity index (χ1v) is 10.4. The summed E-state index contributed by atoms with van der Waals surface area (Å²) in [5.74, 6) is 2.46. The molecular formula is C21H26N2O2S2. The molecule has 3 rings (SSSR count). The number of thiocarbonyl (C=S) groups is 1. The van der Waals surface area contributed by atoms with Crippen molar-refractivity contribution >= 4 is 28.3 Å². The van der Waals surface area contributed by atoms with Gasteiger partial charge in [-0.25, -0.2) is 0 Å². The van der Waals surface area contributed by atoms with Gasteiger partial charge >= 0.3 is 0 Å².